The fourth-order valence-electron chi connectivity index (χ4n) is 1.46. The first-order valence-electron chi connectivity index (χ1n) is 4.30. The Hall–Kier alpha value is -1.77. The number of esters is 1. The molecule has 0 spiro atoms. The molecule has 0 radical (unpaired) electrons. The predicted molar refractivity (Wildman–Crippen MR) is 51.7 cm³/mol. The van der Waals surface area contributed by atoms with E-state index in [-0.39, 0.29) is 5.97 Å². The van der Waals surface area contributed by atoms with Gasteiger partial charge in [-0.2, -0.15) is 0 Å². The van der Waals surface area contributed by atoms with Crippen LogP contribution in [0.15, 0.2) is 30.0 Å². The van der Waals surface area contributed by atoms with Gasteiger partial charge in [-0.1, -0.05) is 18.2 Å². The van der Waals surface area contributed by atoms with Gasteiger partial charge in [-0.15, -0.1) is 0 Å². The Morgan fingerprint density at radius 3 is 2.79 bits per heavy atom. The van der Waals surface area contributed by atoms with Gasteiger partial charge in [0, 0.05) is 5.56 Å². The van der Waals surface area contributed by atoms with E-state index in [0.717, 1.165) is 5.56 Å². The summed E-state index contributed by atoms with van der Waals surface area (Å²) in [5.74, 6) is 0.842. The zero-order valence-electron chi connectivity index (χ0n) is 8.03. The van der Waals surface area contributed by atoms with Crippen molar-refractivity contribution in [3.05, 3.63) is 35.6 Å². The number of methoxy groups -OCH3 is 1. The van der Waals surface area contributed by atoms with E-state index >= 15 is 0 Å². The summed E-state index contributed by atoms with van der Waals surface area (Å²) < 4.78 is 10.1. The van der Waals surface area contributed by atoms with Crippen LogP contribution in [0.3, 0.4) is 0 Å². The van der Waals surface area contributed by atoms with Gasteiger partial charge in [0.05, 0.1) is 7.11 Å². The van der Waals surface area contributed by atoms with Crippen LogP contribution in [0.25, 0.3) is 5.57 Å². The minimum absolute atomic E-state index is 0.342. The SMILES string of the molecule is CO/C(C)=C1\C(=O)Oc2ccccc21. The number of hydrogen-bond donors (Lipinski definition) is 0. The molecule has 0 amide bonds. The van der Waals surface area contributed by atoms with Gasteiger partial charge >= 0.3 is 5.97 Å². The summed E-state index contributed by atoms with van der Waals surface area (Å²) >= 11 is 0. The topological polar surface area (TPSA) is 35.5 Å². The Bertz CT molecular complexity index is 418. The van der Waals surface area contributed by atoms with Crippen LogP contribution in [0.5, 0.6) is 5.75 Å². The van der Waals surface area contributed by atoms with Crippen molar-refractivity contribution in [2.75, 3.05) is 7.11 Å². The number of ether oxygens (including phenoxy) is 2. The third kappa shape index (κ3) is 1.18. The van der Waals surface area contributed by atoms with Crippen molar-refractivity contribution in [2.45, 2.75) is 6.92 Å². The van der Waals surface area contributed by atoms with Crippen molar-refractivity contribution >= 4 is 11.5 Å². The van der Waals surface area contributed by atoms with Crippen molar-refractivity contribution in [3.8, 4) is 5.75 Å². The zero-order valence-corrected chi connectivity index (χ0v) is 8.03. The van der Waals surface area contributed by atoms with Crippen LogP contribution < -0.4 is 4.74 Å². The molecule has 0 N–H and O–H groups in total. The average molecular weight is 190 g/mol. The summed E-state index contributed by atoms with van der Waals surface area (Å²) in [6.07, 6.45) is 0. The van der Waals surface area contributed by atoms with Crippen LogP contribution in [-0.4, -0.2) is 13.1 Å². The Morgan fingerprint density at radius 2 is 2.07 bits per heavy atom. The summed E-state index contributed by atoms with van der Waals surface area (Å²) in [5, 5.41) is 0. The molecule has 3 heteroatoms. The van der Waals surface area contributed by atoms with E-state index < -0.39 is 0 Å². The van der Waals surface area contributed by atoms with Crippen LogP contribution in [0, 0.1) is 0 Å². The summed E-state index contributed by atoms with van der Waals surface area (Å²) in [6, 6.07) is 7.31. The second-order valence-corrected chi connectivity index (χ2v) is 3.02. The van der Waals surface area contributed by atoms with E-state index in [4.69, 9.17) is 9.47 Å². The smallest absolute Gasteiger partial charge is 0.347 e. The predicted octanol–water partition coefficient (Wildman–Crippen LogP) is 1.98. The number of allylic oxidation sites excluding steroid dienone is 1. The highest BCUT2D eigenvalue weighted by atomic mass is 16.5. The fraction of sp³-hybridized carbons (Fsp3) is 0.182. The average Bonchev–Trinajstić information content (AvgIpc) is 2.53. The van der Waals surface area contributed by atoms with Gasteiger partial charge in [0.25, 0.3) is 0 Å². The van der Waals surface area contributed by atoms with Crippen molar-refractivity contribution in [1.82, 2.24) is 0 Å². The quantitative estimate of drug-likeness (QED) is 0.294. The van der Waals surface area contributed by atoms with Gasteiger partial charge in [-0.3, -0.25) is 0 Å². The molecular weight excluding hydrogens is 180 g/mol. The van der Waals surface area contributed by atoms with E-state index in [2.05, 4.69) is 0 Å². The molecule has 0 saturated carbocycles. The van der Waals surface area contributed by atoms with Crippen molar-refractivity contribution < 1.29 is 14.3 Å². The second kappa shape index (κ2) is 3.18. The van der Waals surface area contributed by atoms with Crippen LogP contribution in [0.4, 0.5) is 0 Å². The van der Waals surface area contributed by atoms with Gasteiger partial charge in [-0.25, -0.2) is 4.79 Å². The zero-order chi connectivity index (χ0) is 10.1. The van der Waals surface area contributed by atoms with Gasteiger partial charge in [0.1, 0.15) is 17.1 Å². The molecule has 1 aliphatic heterocycles. The fourth-order valence-corrected chi connectivity index (χ4v) is 1.46. The summed E-state index contributed by atoms with van der Waals surface area (Å²) in [6.45, 7) is 1.75. The Labute approximate surface area is 81.9 Å². The lowest BCUT2D eigenvalue weighted by Crippen LogP contribution is -2.03. The molecular formula is C11H10O3. The molecule has 2 rings (SSSR count). The molecule has 3 nitrogen and oxygen atoms in total. The highest BCUT2D eigenvalue weighted by Gasteiger charge is 2.28. The number of carbonyl (C=O) groups is 1. The molecule has 0 fully saturated rings. The molecule has 0 unspecified atom stereocenters. The van der Waals surface area contributed by atoms with E-state index in [0.29, 0.717) is 17.1 Å². The maximum absolute atomic E-state index is 11.5. The van der Waals surface area contributed by atoms with Gasteiger partial charge in [0.2, 0.25) is 0 Å². The lowest BCUT2D eigenvalue weighted by molar-refractivity contribution is -0.127. The lowest BCUT2D eigenvalue weighted by atomic mass is 10.1. The molecule has 1 aromatic rings. The number of rotatable bonds is 1. The first kappa shape index (κ1) is 8.81. The largest absolute Gasteiger partial charge is 0.500 e. The molecule has 0 saturated heterocycles. The lowest BCUT2D eigenvalue weighted by Gasteiger charge is -2.01. The monoisotopic (exact) mass is 190 g/mol. The minimum atomic E-state index is -0.342. The third-order valence-electron chi connectivity index (χ3n) is 2.22. The number of para-hydroxylation sites is 1. The summed E-state index contributed by atoms with van der Waals surface area (Å²) in [7, 11) is 1.54. The van der Waals surface area contributed by atoms with Crippen LogP contribution in [0.1, 0.15) is 12.5 Å². The molecule has 0 aromatic heterocycles. The molecule has 72 valence electrons. The maximum atomic E-state index is 11.5. The van der Waals surface area contributed by atoms with Crippen molar-refractivity contribution in [3.63, 3.8) is 0 Å². The minimum Gasteiger partial charge on any atom is -0.500 e. The van der Waals surface area contributed by atoms with Gasteiger partial charge in [-0.05, 0) is 13.0 Å². The first-order chi connectivity index (χ1) is 6.74. The number of fused-ring (bicyclic) bond motifs is 1. The molecule has 0 bridgehead atoms. The summed E-state index contributed by atoms with van der Waals surface area (Å²) in [5.41, 5.74) is 1.32. The third-order valence-corrected chi connectivity index (χ3v) is 2.22. The molecule has 0 atom stereocenters. The first-order valence-corrected chi connectivity index (χ1v) is 4.30. The van der Waals surface area contributed by atoms with E-state index in [1.54, 1.807) is 13.0 Å². The number of carbonyl (C=O) groups excluding carboxylic acids is 1. The Balaban J connectivity index is 2.61. The molecule has 1 aromatic carbocycles. The van der Waals surface area contributed by atoms with E-state index in [1.807, 2.05) is 18.2 Å². The molecule has 14 heavy (non-hydrogen) atoms. The number of hydrogen-bond acceptors (Lipinski definition) is 3. The van der Waals surface area contributed by atoms with E-state index in [9.17, 15) is 4.79 Å². The van der Waals surface area contributed by atoms with Crippen LogP contribution >= 0.6 is 0 Å². The highest BCUT2D eigenvalue weighted by molar-refractivity contribution is 6.21. The Kier molecular flexibility index (Phi) is 2.00. The van der Waals surface area contributed by atoms with Crippen molar-refractivity contribution in [1.29, 1.82) is 0 Å². The summed E-state index contributed by atoms with van der Waals surface area (Å²) in [4.78, 5) is 11.5. The second-order valence-electron chi connectivity index (χ2n) is 3.02. The maximum Gasteiger partial charge on any atom is 0.347 e. The van der Waals surface area contributed by atoms with Gasteiger partial charge in [0.15, 0.2) is 0 Å². The molecule has 1 heterocycles. The van der Waals surface area contributed by atoms with Crippen LogP contribution in [-0.2, 0) is 9.53 Å². The van der Waals surface area contributed by atoms with Crippen molar-refractivity contribution in [2.24, 2.45) is 0 Å². The molecule has 1 aliphatic rings. The number of benzene rings is 1. The normalized spacial score (nSPS) is 17.4. The standard InChI is InChI=1S/C11H10O3/c1-7(13-2)10-8-5-3-4-6-9(8)14-11(10)12/h3-6H,1-2H3/b10-7-. The Morgan fingerprint density at radius 1 is 1.36 bits per heavy atom. The van der Waals surface area contributed by atoms with Gasteiger partial charge < -0.3 is 9.47 Å². The van der Waals surface area contributed by atoms with Crippen LogP contribution in [0.2, 0.25) is 0 Å². The molecule has 0 aliphatic carbocycles. The van der Waals surface area contributed by atoms with E-state index in [1.165, 1.54) is 7.11 Å². The highest BCUT2D eigenvalue weighted by Crippen LogP contribution is 2.35.